The molecule has 0 saturated heterocycles. The largest absolute Gasteiger partial charge is 0.294 e. The molecule has 3 heteroatoms. The number of carbonyl (C=O) groups excluding carboxylic acids is 1. The molecule has 3 aromatic rings. The van der Waals surface area contributed by atoms with Crippen molar-refractivity contribution in [3.8, 4) is 11.3 Å². The summed E-state index contributed by atoms with van der Waals surface area (Å²) in [7, 11) is 0. The molecule has 1 aromatic carbocycles. The third-order valence-corrected chi connectivity index (χ3v) is 3.83. The van der Waals surface area contributed by atoms with Crippen molar-refractivity contribution in [3.05, 3.63) is 60.3 Å². The van der Waals surface area contributed by atoms with E-state index in [2.05, 4.69) is 5.10 Å². The van der Waals surface area contributed by atoms with E-state index in [4.69, 9.17) is 0 Å². The van der Waals surface area contributed by atoms with E-state index in [-0.39, 0.29) is 11.7 Å². The van der Waals surface area contributed by atoms with Gasteiger partial charge in [-0.15, -0.1) is 0 Å². The maximum atomic E-state index is 12.0. The van der Waals surface area contributed by atoms with Gasteiger partial charge in [0.25, 0.3) is 0 Å². The van der Waals surface area contributed by atoms with Crippen LogP contribution in [0.15, 0.2) is 54.7 Å². The van der Waals surface area contributed by atoms with Gasteiger partial charge >= 0.3 is 0 Å². The van der Waals surface area contributed by atoms with Crippen molar-refractivity contribution in [3.63, 3.8) is 0 Å². The molecule has 0 N–H and O–H groups in total. The monoisotopic (exact) mass is 262 g/mol. The summed E-state index contributed by atoms with van der Waals surface area (Å²) in [6.07, 6.45) is 3.89. The van der Waals surface area contributed by atoms with E-state index in [1.54, 1.807) is 6.20 Å². The van der Waals surface area contributed by atoms with Crippen LogP contribution in [0.5, 0.6) is 0 Å². The molecule has 4 rings (SSSR count). The van der Waals surface area contributed by atoms with Crippen LogP contribution in [0.3, 0.4) is 0 Å². The zero-order valence-corrected chi connectivity index (χ0v) is 11.0. The summed E-state index contributed by atoms with van der Waals surface area (Å²) in [4.78, 5) is 12.0. The Morgan fingerprint density at radius 3 is 2.60 bits per heavy atom. The van der Waals surface area contributed by atoms with Crippen LogP contribution < -0.4 is 0 Å². The second-order valence-corrected chi connectivity index (χ2v) is 5.29. The number of ketones is 1. The summed E-state index contributed by atoms with van der Waals surface area (Å²) in [5.41, 5.74) is 4.01. The van der Waals surface area contributed by atoms with E-state index in [0.717, 1.165) is 35.2 Å². The lowest BCUT2D eigenvalue weighted by Crippen LogP contribution is -2.01. The van der Waals surface area contributed by atoms with Crippen LogP contribution in [0.4, 0.5) is 0 Å². The van der Waals surface area contributed by atoms with Crippen LogP contribution in [0.2, 0.25) is 0 Å². The topological polar surface area (TPSA) is 34.4 Å². The molecule has 1 aliphatic rings. The predicted molar refractivity (Wildman–Crippen MR) is 77.7 cm³/mol. The lowest BCUT2D eigenvalue weighted by Gasteiger charge is -2.06. The van der Waals surface area contributed by atoms with Crippen LogP contribution in [0, 0.1) is 5.92 Å². The Balaban J connectivity index is 1.75. The molecule has 0 unspecified atom stereocenters. The van der Waals surface area contributed by atoms with Crippen LogP contribution in [-0.2, 0) is 0 Å². The minimum Gasteiger partial charge on any atom is -0.294 e. The number of Topliss-reactive ketones (excluding diaryl/α,β-unsaturated/α-hetero) is 1. The fraction of sp³-hybridized carbons (Fsp3) is 0.176. The Bertz CT molecular complexity index is 782. The van der Waals surface area contributed by atoms with Gasteiger partial charge in [0, 0.05) is 17.0 Å². The molecule has 0 amide bonds. The number of fused-ring (bicyclic) bond motifs is 1. The molecule has 1 aliphatic carbocycles. The molecule has 3 nitrogen and oxygen atoms in total. The van der Waals surface area contributed by atoms with Crippen molar-refractivity contribution in [2.24, 2.45) is 5.92 Å². The van der Waals surface area contributed by atoms with Crippen LogP contribution in [-0.4, -0.2) is 15.4 Å². The van der Waals surface area contributed by atoms with Crippen molar-refractivity contribution in [2.75, 3.05) is 0 Å². The van der Waals surface area contributed by atoms with Crippen molar-refractivity contribution in [2.45, 2.75) is 12.8 Å². The molecule has 2 aromatic heterocycles. The van der Waals surface area contributed by atoms with Gasteiger partial charge in [0.05, 0.1) is 17.4 Å². The Labute approximate surface area is 116 Å². The van der Waals surface area contributed by atoms with Gasteiger partial charge in [-0.3, -0.25) is 4.79 Å². The first-order valence-electron chi connectivity index (χ1n) is 6.90. The quantitative estimate of drug-likeness (QED) is 0.676. The molecule has 0 bridgehead atoms. The van der Waals surface area contributed by atoms with Crippen LogP contribution in [0.1, 0.15) is 23.2 Å². The lowest BCUT2D eigenvalue weighted by atomic mass is 10.0. The van der Waals surface area contributed by atoms with Gasteiger partial charge < -0.3 is 0 Å². The Hall–Kier alpha value is -2.42. The summed E-state index contributed by atoms with van der Waals surface area (Å²) < 4.78 is 1.91. The zero-order chi connectivity index (χ0) is 13.5. The Morgan fingerprint density at radius 1 is 1.05 bits per heavy atom. The van der Waals surface area contributed by atoms with E-state index in [1.807, 2.05) is 53.0 Å². The second-order valence-electron chi connectivity index (χ2n) is 5.29. The molecule has 2 heterocycles. The first-order chi connectivity index (χ1) is 9.83. The van der Waals surface area contributed by atoms with E-state index in [9.17, 15) is 4.79 Å². The van der Waals surface area contributed by atoms with Crippen molar-refractivity contribution >= 4 is 11.3 Å². The SMILES string of the molecule is O=C(c1ccc(-c2cccc3ccnn23)cc1)C1CC1. The van der Waals surface area contributed by atoms with Gasteiger partial charge in [-0.25, -0.2) is 4.52 Å². The summed E-state index contributed by atoms with van der Waals surface area (Å²) in [6.45, 7) is 0. The van der Waals surface area contributed by atoms with Crippen LogP contribution >= 0.6 is 0 Å². The Morgan fingerprint density at radius 2 is 1.85 bits per heavy atom. The molecule has 0 atom stereocenters. The van der Waals surface area contributed by atoms with Gasteiger partial charge in [-0.05, 0) is 31.0 Å². The highest BCUT2D eigenvalue weighted by Gasteiger charge is 2.30. The first kappa shape index (κ1) is 11.4. The third-order valence-electron chi connectivity index (χ3n) is 3.83. The van der Waals surface area contributed by atoms with E-state index in [0.29, 0.717) is 0 Å². The summed E-state index contributed by atoms with van der Waals surface area (Å²) in [5, 5.41) is 4.34. The average Bonchev–Trinajstić information content (AvgIpc) is 3.23. The summed E-state index contributed by atoms with van der Waals surface area (Å²) in [6, 6.07) is 15.9. The molecular formula is C17H14N2O. The van der Waals surface area contributed by atoms with Gasteiger partial charge in [-0.1, -0.05) is 30.3 Å². The molecule has 20 heavy (non-hydrogen) atoms. The number of hydrogen-bond acceptors (Lipinski definition) is 2. The number of rotatable bonds is 3. The minimum absolute atomic E-state index is 0.274. The van der Waals surface area contributed by atoms with Crippen molar-refractivity contribution in [1.29, 1.82) is 0 Å². The van der Waals surface area contributed by atoms with E-state index < -0.39 is 0 Å². The highest BCUT2D eigenvalue weighted by Crippen LogP contribution is 2.33. The number of aromatic nitrogens is 2. The lowest BCUT2D eigenvalue weighted by molar-refractivity contribution is 0.0967. The third kappa shape index (κ3) is 1.83. The fourth-order valence-corrected chi connectivity index (χ4v) is 2.55. The maximum Gasteiger partial charge on any atom is 0.165 e. The normalized spacial score (nSPS) is 14.6. The maximum absolute atomic E-state index is 12.0. The van der Waals surface area contributed by atoms with Gasteiger partial charge in [-0.2, -0.15) is 5.10 Å². The zero-order valence-electron chi connectivity index (χ0n) is 11.0. The molecular weight excluding hydrogens is 248 g/mol. The highest BCUT2D eigenvalue weighted by molar-refractivity contribution is 5.99. The van der Waals surface area contributed by atoms with Crippen LogP contribution in [0.25, 0.3) is 16.8 Å². The standard InChI is InChI=1S/C17H14N2O/c20-17(14-8-9-14)13-6-4-12(5-7-13)16-3-1-2-15-10-11-18-19(15)16/h1-7,10-11,14H,8-9H2. The number of hydrogen-bond donors (Lipinski definition) is 0. The summed E-state index contributed by atoms with van der Waals surface area (Å²) in [5.74, 6) is 0.559. The summed E-state index contributed by atoms with van der Waals surface area (Å²) >= 11 is 0. The fourth-order valence-electron chi connectivity index (χ4n) is 2.55. The molecule has 0 spiro atoms. The number of nitrogens with zero attached hydrogens (tertiary/aromatic N) is 2. The smallest absolute Gasteiger partial charge is 0.165 e. The molecule has 0 radical (unpaired) electrons. The average molecular weight is 262 g/mol. The molecule has 1 fully saturated rings. The van der Waals surface area contributed by atoms with E-state index in [1.165, 1.54) is 0 Å². The van der Waals surface area contributed by atoms with E-state index >= 15 is 0 Å². The van der Waals surface area contributed by atoms with Gasteiger partial charge in [0.2, 0.25) is 0 Å². The molecule has 0 aliphatic heterocycles. The minimum atomic E-state index is 0.274. The first-order valence-corrected chi connectivity index (χ1v) is 6.90. The predicted octanol–water partition coefficient (Wildman–Crippen LogP) is 3.59. The number of benzene rings is 1. The molecule has 98 valence electrons. The van der Waals surface area contributed by atoms with Crippen molar-refractivity contribution in [1.82, 2.24) is 9.61 Å². The van der Waals surface area contributed by atoms with Gasteiger partial charge in [0.1, 0.15) is 0 Å². The number of carbonyl (C=O) groups is 1. The van der Waals surface area contributed by atoms with Crippen molar-refractivity contribution < 1.29 is 4.79 Å². The second kappa shape index (κ2) is 4.30. The van der Waals surface area contributed by atoms with Gasteiger partial charge in [0.15, 0.2) is 5.78 Å². The Kier molecular flexibility index (Phi) is 2.46. The molecule has 1 saturated carbocycles. The highest BCUT2D eigenvalue weighted by atomic mass is 16.1. The number of pyridine rings is 1.